The van der Waals surface area contributed by atoms with Gasteiger partial charge in [-0.05, 0) is 42.8 Å². The zero-order chi connectivity index (χ0) is 22.2. The van der Waals surface area contributed by atoms with Crippen molar-refractivity contribution in [3.8, 4) is 0 Å². The molecule has 3 amide bonds. The number of carbonyl (C=O) groups excluding carboxylic acids is 2. The van der Waals surface area contributed by atoms with Crippen molar-refractivity contribution >= 4 is 40.8 Å². The van der Waals surface area contributed by atoms with Gasteiger partial charge in [0, 0.05) is 18.0 Å². The van der Waals surface area contributed by atoms with Crippen LogP contribution in [0, 0.1) is 0 Å². The minimum absolute atomic E-state index is 0.131. The molecule has 0 fully saturated rings. The summed E-state index contributed by atoms with van der Waals surface area (Å²) in [5.74, 6) is 0.452. The zero-order valence-electron chi connectivity index (χ0n) is 17.0. The minimum Gasteiger partial charge on any atom is -0.467 e. The number of benzene rings is 2. The molecule has 2 aromatic carbocycles. The Morgan fingerprint density at radius 1 is 1.06 bits per heavy atom. The number of nitrogens with one attached hydrogen (secondary N) is 2. The fourth-order valence-electron chi connectivity index (χ4n) is 3.00. The number of rotatable bonds is 8. The molecule has 0 aliphatic heterocycles. The van der Waals surface area contributed by atoms with Crippen molar-refractivity contribution in [2.75, 3.05) is 11.9 Å². The van der Waals surface area contributed by atoms with Gasteiger partial charge in [-0.25, -0.2) is 4.79 Å². The Bertz CT molecular complexity index is 1010. The lowest BCUT2D eigenvalue weighted by Crippen LogP contribution is -2.38. The number of amides is 3. The first-order valence-electron chi connectivity index (χ1n) is 9.80. The third kappa shape index (κ3) is 6.77. The summed E-state index contributed by atoms with van der Waals surface area (Å²) in [6.07, 6.45) is 1.68. The summed E-state index contributed by atoms with van der Waals surface area (Å²) in [4.78, 5) is 26.9. The summed E-state index contributed by atoms with van der Waals surface area (Å²) in [5, 5.41) is 6.52. The zero-order valence-corrected chi connectivity index (χ0v) is 18.5. The maximum absolute atomic E-state index is 12.9. The van der Waals surface area contributed by atoms with E-state index in [0.717, 1.165) is 5.56 Å². The van der Waals surface area contributed by atoms with E-state index >= 15 is 0 Å². The number of furan rings is 1. The molecule has 162 valence electrons. The molecule has 0 radical (unpaired) electrons. The number of hydrogen-bond donors (Lipinski definition) is 2. The van der Waals surface area contributed by atoms with Crippen LogP contribution >= 0.6 is 23.2 Å². The van der Waals surface area contributed by atoms with Crippen molar-refractivity contribution in [3.05, 3.63) is 88.3 Å². The van der Waals surface area contributed by atoms with Gasteiger partial charge < -0.3 is 20.0 Å². The molecule has 0 bridgehead atoms. The molecule has 8 heteroatoms. The van der Waals surface area contributed by atoms with E-state index in [9.17, 15) is 9.59 Å². The fourth-order valence-corrected chi connectivity index (χ4v) is 3.46. The van der Waals surface area contributed by atoms with E-state index in [1.807, 2.05) is 37.3 Å². The molecule has 31 heavy (non-hydrogen) atoms. The molecule has 6 nitrogen and oxygen atoms in total. The van der Waals surface area contributed by atoms with E-state index in [0.29, 0.717) is 21.5 Å². The molecule has 3 rings (SSSR count). The van der Waals surface area contributed by atoms with Crippen LogP contribution in [0.25, 0.3) is 0 Å². The monoisotopic (exact) mass is 459 g/mol. The first-order valence-corrected chi connectivity index (χ1v) is 10.6. The highest BCUT2D eigenvalue weighted by molar-refractivity contribution is 6.36. The molecule has 1 heterocycles. The second kappa shape index (κ2) is 10.9. The smallest absolute Gasteiger partial charge is 0.322 e. The maximum atomic E-state index is 12.9. The average molecular weight is 460 g/mol. The first kappa shape index (κ1) is 22.7. The normalized spacial score (nSPS) is 11.6. The van der Waals surface area contributed by atoms with Crippen LogP contribution < -0.4 is 10.6 Å². The first-order chi connectivity index (χ1) is 14.9. The fraction of sp³-hybridized carbons (Fsp3) is 0.217. The van der Waals surface area contributed by atoms with Crippen LogP contribution in [0.1, 0.15) is 30.7 Å². The predicted octanol–water partition coefficient (Wildman–Crippen LogP) is 5.89. The summed E-state index contributed by atoms with van der Waals surface area (Å²) in [6.45, 7) is 2.33. The SMILES string of the molecule is CC(NC(=O)CCN(Cc1ccco1)C(=O)Nc1ccc(Cl)cc1Cl)c1ccccc1. The van der Waals surface area contributed by atoms with Crippen molar-refractivity contribution in [2.45, 2.75) is 25.9 Å². The van der Waals surface area contributed by atoms with Gasteiger partial charge in [0.15, 0.2) is 0 Å². The highest BCUT2D eigenvalue weighted by atomic mass is 35.5. The van der Waals surface area contributed by atoms with Gasteiger partial charge in [0.25, 0.3) is 0 Å². The molecule has 2 N–H and O–H groups in total. The minimum atomic E-state index is -0.399. The van der Waals surface area contributed by atoms with E-state index in [2.05, 4.69) is 10.6 Å². The second-order valence-electron chi connectivity index (χ2n) is 7.01. The van der Waals surface area contributed by atoms with E-state index in [-0.39, 0.29) is 31.5 Å². The molecular weight excluding hydrogens is 437 g/mol. The van der Waals surface area contributed by atoms with E-state index in [4.69, 9.17) is 27.6 Å². The highest BCUT2D eigenvalue weighted by Crippen LogP contribution is 2.26. The van der Waals surface area contributed by atoms with Crippen LogP contribution in [-0.2, 0) is 11.3 Å². The Morgan fingerprint density at radius 2 is 1.84 bits per heavy atom. The Labute approximate surface area is 191 Å². The van der Waals surface area contributed by atoms with Crippen molar-refractivity contribution in [1.29, 1.82) is 0 Å². The Kier molecular flexibility index (Phi) is 7.98. The van der Waals surface area contributed by atoms with Crippen LogP contribution in [0.3, 0.4) is 0 Å². The van der Waals surface area contributed by atoms with Crippen LogP contribution in [0.15, 0.2) is 71.3 Å². The third-order valence-corrected chi connectivity index (χ3v) is 5.22. The molecule has 1 aromatic heterocycles. The maximum Gasteiger partial charge on any atom is 0.322 e. The molecule has 0 aliphatic rings. The number of hydrogen-bond acceptors (Lipinski definition) is 3. The topological polar surface area (TPSA) is 74.6 Å². The van der Waals surface area contributed by atoms with E-state index < -0.39 is 6.03 Å². The molecule has 0 aliphatic carbocycles. The Hall–Kier alpha value is -2.96. The lowest BCUT2D eigenvalue weighted by atomic mass is 10.1. The lowest BCUT2D eigenvalue weighted by molar-refractivity contribution is -0.121. The molecule has 0 spiro atoms. The highest BCUT2D eigenvalue weighted by Gasteiger charge is 2.19. The van der Waals surface area contributed by atoms with Crippen molar-refractivity contribution in [1.82, 2.24) is 10.2 Å². The molecule has 3 aromatic rings. The van der Waals surface area contributed by atoms with E-state index in [1.54, 1.807) is 30.3 Å². The largest absolute Gasteiger partial charge is 0.467 e. The summed E-state index contributed by atoms with van der Waals surface area (Å²) < 4.78 is 5.37. The summed E-state index contributed by atoms with van der Waals surface area (Å²) in [6, 6.07) is 17.5. The van der Waals surface area contributed by atoms with Gasteiger partial charge in [-0.3, -0.25) is 4.79 Å². The van der Waals surface area contributed by atoms with Crippen LogP contribution in [0.2, 0.25) is 10.0 Å². The van der Waals surface area contributed by atoms with Crippen molar-refractivity contribution in [2.24, 2.45) is 0 Å². The molecule has 1 atom stereocenters. The number of nitrogens with zero attached hydrogens (tertiary/aromatic N) is 1. The van der Waals surface area contributed by atoms with Gasteiger partial charge in [0.1, 0.15) is 5.76 Å². The standard InChI is InChI=1S/C23H23Cl2N3O3/c1-16(17-6-3-2-4-7-17)26-22(29)11-12-28(15-19-8-5-13-31-19)23(30)27-21-10-9-18(24)14-20(21)25/h2-10,13-14,16H,11-12,15H2,1H3,(H,26,29)(H,27,30). The van der Waals surface area contributed by atoms with Crippen LogP contribution in [0.5, 0.6) is 0 Å². The number of anilines is 1. The van der Waals surface area contributed by atoms with Gasteiger partial charge in [0.2, 0.25) is 5.91 Å². The van der Waals surface area contributed by atoms with Gasteiger partial charge in [-0.2, -0.15) is 0 Å². The molecular formula is C23H23Cl2N3O3. The Morgan fingerprint density at radius 3 is 2.52 bits per heavy atom. The van der Waals surface area contributed by atoms with Crippen LogP contribution in [-0.4, -0.2) is 23.4 Å². The average Bonchev–Trinajstić information content (AvgIpc) is 3.27. The quantitative estimate of drug-likeness (QED) is 0.440. The predicted molar refractivity (Wildman–Crippen MR) is 122 cm³/mol. The van der Waals surface area contributed by atoms with Crippen LogP contribution in [0.4, 0.5) is 10.5 Å². The summed E-state index contributed by atoms with van der Waals surface area (Å²) in [7, 11) is 0. The van der Waals surface area contributed by atoms with Gasteiger partial charge in [0.05, 0.1) is 29.6 Å². The Balaban J connectivity index is 1.63. The number of halogens is 2. The molecule has 0 saturated heterocycles. The second-order valence-corrected chi connectivity index (χ2v) is 7.85. The summed E-state index contributed by atoms with van der Waals surface area (Å²) in [5.41, 5.74) is 1.45. The lowest BCUT2D eigenvalue weighted by Gasteiger charge is -2.23. The van der Waals surface area contributed by atoms with Gasteiger partial charge >= 0.3 is 6.03 Å². The summed E-state index contributed by atoms with van der Waals surface area (Å²) >= 11 is 12.1. The van der Waals surface area contributed by atoms with Crippen molar-refractivity contribution in [3.63, 3.8) is 0 Å². The third-order valence-electron chi connectivity index (χ3n) is 4.67. The molecule has 0 saturated carbocycles. The van der Waals surface area contributed by atoms with Crippen molar-refractivity contribution < 1.29 is 14.0 Å². The number of urea groups is 1. The van der Waals surface area contributed by atoms with Gasteiger partial charge in [-0.1, -0.05) is 53.5 Å². The molecule has 1 unspecified atom stereocenters. The van der Waals surface area contributed by atoms with E-state index in [1.165, 1.54) is 11.2 Å². The number of carbonyl (C=O) groups is 2. The van der Waals surface area contributed by atoms with Gasteiger partial charge in [-0.15, -0.1) is 0 Å².